The summed E-state index contributed by atoms with van der Waals surface area (Å²) in [5.74, 6) is 0.341. The van der Waals surface area contributed by atoms with E-state index in [2.05, 4.69) is 24.8 Å². The number of nitrogens with zero attached hydrogens (tertiary/aromatic N) is 2. The van der Waals surface area contributed by atoms with Crippen molar-refractivity contribution in [2.45, 2.75) is 92.0 Å². The van der Waals surface area contributed by atoms with Crippen molar-refractivity contribution in [1.82, 2.24) is 4.98 Å². The Kier molecular flexibility index (Phi) is 8.88. The lowest BCUT2D eigenvalue weighted by molar-refractivity contribution is -0.146. The number of ether oxygens (including phenoxy) is 2. The monoisotopic (exact) mass is 574 g/mol. The average molecular weight is 575 g/mol. The van der Waals surface area contributed by atoms with Gasteiger partial charge in [-0.1, -0.05) is 32.0 Å². The maximum atomic E-state index is 13.4. The third-order valence-corrected chi connectivity index (χ3v) is 8.58. The molecule has 0 aliphatic carbocycles. The summed E-state index contributed by atoms with van der Waals surface area (Å²) < 4.78 is 25.3. The van der Waals surface area contributed by atoms with Gasteiger partial charge in [0.2, 0.25) is 0 Å². The minimum atomic E-state index is -0.276. The van der Waals surface area contributed by atoms with Crippen LogP contribution in [0.5, 0.6) is 5.75 Å². The first kappa shape index (κ1) is 30.0. The Morgan fingerprint density at radius 2 is 1.88 bits per heavy atom. The number of pyridine rings is 1. The van der Waals surface area contributed by atoms with Crippen molar-refractivity contribution in [3.05, 3.63) is 76.4 Å². The van der Waals surface area contributed by atoms with Crippen LogP contribution in [-0.4, -0.2) is 41.4 Å². The van der Waals surface area contributed by atoms with Crippen LogP contribution >= 0.6 is 0 Å². The van der Waals surface area contributed by atoms with Crippen LogP contribution in [0.1, 0.15) is 75.0 Å². The first-order valence-corrected chi connectivity index (χ1v) is 15.1. The Balaban J connectivity index is 1.52. The molecule has 6 nitrogen and oxygen atoms in total. The SMILES string of the molecule is Cc1nc(CO)c(-c2ccc3c(c2)CC[C@@H](Cc2ccc(F)cc2)O3)c(N2CCC(C)(C)CC2)c1CC(=O)OC(C)C. The molecule has 0 unspecified atom stereocenters. The van der Waals surface area contributed by atoms with Gasteiger partial charge in [0.15, 0.2) is 0 Å². The van der Waals surface area contributed by atoms with E-state index >= 15 is 0 Å². The lowest BCUT2D eigenvalue weighted by Gasteiger charge is -2.40. The summed E-state index contributed by atoms with van der Waals surface area (Å²) >= 11 is 0. The lowest BCUT2D eigenvalue weighted by Crippen LogP contribution is -2.38. The van der Waals surface area contributed by atoms with E-state index in [1.165, 1.54) is 12.1 Å². The van der Waals surface area contributed by atoms with Crippen LogP contribution in [0, 0.1) is 18.2 Å². The van der Waals surface area contributed by atoms with Gasteiger partial charge in [0, 0.05) is 36.3 Å². The number of aromatic nitrogens is 1. The molecule has 3 aromatic rings. The molecular weight excluding hydrogens is 531 g/mol. The van der Waals surface area contributed by atoms with Gasteiger partial charge >= 0.3 is 5.97 Å². The smallest absolute Gasteiger partial charge is 0.310 e. The van der Waals surface area contributed by atoms with Gasteiger partial charge in [0.1, 0.15) is 17.7 Å². The van der Waals surface area contributed by atoms with Crippen molar-refractivity contribution in [2.24, 2.45) is 5.41 Å². The van der Waals surface area contributed by atoms with Crippen molar-refractivity contribution in [3.8, 4) is 16.9 Å². The maximum absolute atomic E-state index is 13.4. The number of rotatable bonds is 8. The van der Waals surface area contributed by atoms with Crippen molar-refractivity contribution in [2.75, 3.05) is 18.0 Å². The summed E-state index contributed by atoms with van der Waals surface area (Å²) in [4.78, 5) is 20.1. The third-order valence-electron chi connectivity index (χ3n) is 8.58. The predicted molar refractivity (Wildman–Crippen MR) is 163 cm³/mol. The number of carbonyl (C=O) groups excluding carboxylic acids is 1. The van der Waals surface area contributed by atoms with E-state index in [9.17, 15) is 14.3 Å². The molecule has 5 rings (SSSR count). The standard InChI is InChI=1S/C35H43FN2O4/c1-22(2)41-32(40)20-29-23(3)37-30(21-39)33(34(29)38-16-14-35(4,5)15-17-38)26-9-13-31-25(19-26)8-12-28(42-31)18-24-6-10-27(36)11-7-24/h6-7,9-11,13,19,22,28,39H,8,12,14-18,20-21H2,1-5H3/t28-/m0/s1. The fourth-order valence-corrected chi connectivity index (χ4v) is 6.18. The largest absolute Gasteiger partial charge is 0.490 e. The molecule has 0 amide bonds. The minimum absolute atomic E-state index is 0.0219. The fourth-order valence-electron chi connectivity index (χ4n) is 6.18. The van der Waals surface area contributed by atoms with Crippen molar-refractivity contribution in [1.29, 1.82) is 0 Å². The first-order chi connectivity index (χ1) is 20.0. The van der Waals surface area contributed by atoms with Gasteiger partial charge in [-0.05, 0) is 92.8 Å². The molecule has 2 aromatic carbocycles. The van der Waals surface area contributed by atoms with Crippen LogP contribution in [0.3, 0.4) is 0 Å². The highest BCUT2D eigenvalue weighted by Crippen LogP contribution is 2.43. The summed E-state index contributed by atoms with van der Waals surface area (Å²) in [6.07, 6.45) is 4.45. The molecule has 0 saturated carbocycles. The number of benzene rings is 2. The number of aliphatic hydroxyl groups excluding tert-OH is 1. The lowest BCUT2D eigenvalue weighted by atomic mass is 9.82. The zero-order valence-electron chi connectivity index (χ0n) is 25.5. The van der Waals surface area contributed by atoms with Gasteiger partial charge in [0.25, 0.3) is 0 Å². The number of carbonyl (C=O) groups is 1. The molecule has 7 heteroatoms. The molecule has 1 fully saturated rings. The fraction of sp³-hybridized carbons (Fsp3) is 0.486. The summed E-state index contributed by atoms with van der Waals surface area (Å²) in [5, 5.41) is 10.5. The second kappa shape index (κ2) is 12.4. The van der Waals surface area contributed by atoms with Gasteiger partial charge in [0.05, 0.1) is 30.5 Å². The zero-order valence-corrected chi connectivity index (χ0v) is 25.5. The normalized spacial score (nSPS) is 18.0. The molecule has 2 aliphatic rings. The van der Waals surface area contributed by atoms with Crippen molar-refractivity contribution >= 4 is 11.7 Å². The molecular formula is C35H43FN2O4. The van der Waals surface area contributed by atoms with Gasteiger partial charge in [-0.15, -0.1) is 0 Å². The van der Waals surface area contributed by atoms with E-state index in [0.717, 1.165) is 90.1 Å². The molecule has 1 N–H and O–H groups in total. The Hall–Kier alpha value is -3.45. The second-order valence-corrected chi connectivity index (χ2v) is 12.8. The van der Waals surface area contributed by atoms with Gasteiger partial charge in [-0.3, -0.25) is 9.78 Å². The van der Waals surface area contributed by atoms with Gasteiger partial charge in [-0.2, -0.15) is 0 Å². The quantitative estimate of drug-likeness (QED) is 0.300. The van der Waals surface area contributed by atoms with E-state index in [1.54, 1.807) is 0 Å². The third kappa shape index (κ3) is 6.78. The molecule has 0 spiro atoms. The summed E-state index contributed by atoms with van der Waals surface area (Å²) in [5.41, 5.74) is 7.46. The Morgan fingerprint density at radius 3 is 2.55 bits per heavy atom. The molecule has 0 bridgehead atoms. The molecule has 1 saturated heterocycles. The number of aliphatic hydroxyl groups is 1. The van der Waals surface area contributed by atoms with E-state index in [4.69, 9.17) is 14.5 Å². The highest BCUT2D eigenvalue weighted by atomic mass is 19.1. The number of fused-ring (bicyclic) bond motifs is 1. The minimum Gasteiger partial charge on any atom is -0.490 e. The highest BCUT2D eigenvalue weighted by Gasteiger charge is 2.31. The molecule has 3 heterocycles. The zero-order chi connectivity index (χ0) is 30.0. The summed E-state index contributed by atoms with van der Waals surface area (Å²) in [7, 11) is 0. The average Bonchev–Trinajstić information content (AvgIpc) is 2.94. The van der Waals surface area contributed by atoms with Crippen LogP contribution in [0.2, 0.25) is 0 Å². The Bertz CT molecular complexity index is 1420. The van der Waals surface area contributed by atoms with Gasteiger partial charge in [-0.25, -0.2) is 4.39 Å². The summed E-state index contributed by atoms with van der Waals surface area (Å²) in [6, 6.07) is 12.8. The molecule has 0 radical (unpaired) electrons. The first-order valence-electron chi connectivity index (χ1n) is 15.1. The van der Waals surface area contributed by atoms with Crippen LogP contribution in [-0.2, 0) is 35.4 Å². The van der Waals surface area contributed by atoms with Crippen LogP contribution < -0.4 is 9.64 Å². The van der Waals surface area contributed by atoms with Crippen molar-refractivity contribution in [3.63, 3.8) is 0 Å². The number of piperidine rings is 1. The number of esters is 1. The van der Waals surface area contributed by atoms with Gasteiger partial charge < -0.3 is 19.5 Å². The van der Waals surface area contributed by atoms with Crippen LogP contribution in [0.4, 0.5) is 10.1 Å². The molecule has 224 valence electrons. The molecule has 1 aromatic heterocycles. The van der Waals surface area contributed by atoms with E-state index < -0.39 is 0 Å². The predicted octanol–water partition coefficient (Wildman–Crippen LogP) is 6.75. The molecule has 1 atom stereocenters. The molecule has 2 aliphatic heterocycles. The van der Waals surface area contributed by atoms with E-state index in [-0.39, 0.29) is 42.4 Å². The molecule has 42 heavy (non-hydrogen) atoms. The Labute approximate surface area is 248 Å². The topological polar surface area (TPSA) is 71.9 Å². The number of halogens is 1. The number of anilines is 1. The van der Waals surface area contributed by atoms with Crippen LogP contribution in [0.15, 0.2) is 42.5 Å². The highest BCUT2D eigenvalue weighted by molar-refractivity contribution is 5.87. The Morgan fingerprint density at radius 1 is 1.17 bits per heavy atom. The number of hydrogen-bond donors (Lipinski definition) is 1. The number of aryl methyl sites for hydroxylation is 2. The number of hydrogen-bond acceptors (Lipinski definition) is 6. The maximum Gasteiger partial charge on any atom is 0.310 e. The second-order valence-electron chi connectivity index (χ2n) is 12.8. The van der Waals surface area contributed by atoms with Crippen molar-refractivity contribution < 1.29 is 23.8 Å². The van der Waals surface area contributed by atoms with E-state index in [0.29, 0.717) is 5.69 Å². The van der Waals surface area contributed by atoms with Crippen LogP contribution in [0.25, 0.3) is 11.1 Å². The van der Waals surface area contributed by atoms with E-state index in [1.807, 2.05) is 45.0 Å². The summed E-state index contributed by atoms with van der Waals surface area (Å²) in [6.45, 7) is 11.8.